The van der Waals surface area contributed by atoms with Crippen LogP contribution < -0.4 is 30.4 Å². The second-order valence-electron chi connectivity index (χ2n) is 6.13. The van der Waals surface area contributed by atoms with Crippen molar-refractivity contribution >= 4 is 29.1 Å². The number of benzene rings is 2. The Labute approximate surface area is 180 Å². The molecule has 0 spiro atoms. The van der Waals surface area contributed by atoms with E-state index in [1.807, 2.05) is 0 Å². The fourth-order valence-corrected chi connectivity index (χ4v) is 2.62. The van der Waals surface area contributed by atoms with E-state index in [4.69, 9.17) is 26.4 Å². The predicted octanol–water partition coefficient (Wildman–Crippen LogP) is 2.83. The highest BCUT2D eigenvalue weighted by atomic mass is 32.1. The number of hydrazine groups is 1. The molecule has 2 rings (SSSR count). The molecular weight excluding hydrogens is 406 g/mol. The first-order valence-corrected chi connectivity index (χ1v) is 9.76. The summed E-state index contributed by atoms with van der Waals surface area (Å²) in [7, 11) is 2.99. The number of carbonyl (C=O) groups is 2. The van der Waals surface area contributed by atoms with Gasteiger partial charge in [-0.05, 0) is 49.0 Å². The number of hydrogen-bond donors (Lipinski definition) is 3. The van der Waals surface area contributed by atoms with E-state index in [9.17, 15) is 9.59 Å². The van der Waals surface area contributed by atoms with Crippen LogP contribution in [0.15, 0.2) is 42.5 Å². The molecule has 0 saturated carbocycles. The number of para-hydroxylation sites is 1. The quantitative estimate of drug-likeness (QED) is 0.336. The summed E-state index contributed by atoms with van der Waals surface area (Å²) in [6, 6.07) is 11.6. The summed E-state index contributed by atoms with van der Waals surface area (Å²) in [6.45, 7) is 2.58. The number of carbonyl (C=O) groups excluding carboxylic acids is 2. The summed E-state index contributed by atoms with van der Waals surface area (Å²) in [5.41, 5.74) is 5.61. The molecule has 0 unspecified atom stereocenters. The van der Waals surface area contributed by atoms with E-state index < -0.39 is 11.8 Å². The molecule has 9 heteroatoms. The minimum absolute atomic E-state index is 0.0582. The van der Waals surface area contributed by atoms with Gasteiger partial charge in [-0.15, -0.1) is 0 Å². The number of rotatable bonds is 8. The molecule has 0 heterocycles. The van der Waals surface area contributed by atoms with Crippen molar-refractivity contribution in [3.05, 3.63) is 53.6 Å². The summed E-state index contributed by atoms with van der Waals surface area (Å²) in [5, 5.41) is 2.46. The van der Waals surface area contributed by atoms with Gasteiger partial charge >= 0.3 is 0 Å². The van der Waals surface area contributed by atoms with Crippen LogP contribution >= 0.6 is 12.2 Å². The van der Waals surface area contributed by atoms with Crippen molar-refractivity contribution in [1.29, 1.82) is 0 Å². The number of hydrogen-bond acceptors (Lipinski definition) is 6. The molecule has 3 N–H and O–H groups in total. The SMILES string of the molecule is CCCCOc1ccccc1C(=O)NC(=S)NNC(=O)c1ccc(OC)c(OC)c1. The predicted molar refractivity (Wildman–Crippen MR) is 117 cm³/mol. The largest absolute Gasteiger partial charge is 0.493 e. The smallest absolute Gasteiger partial charge is 0.269 e. The highest BCUT2D eigenvalue weighted by molar-refractivity contribution is 7.80. The second kappa shape index (κ2) is 11.6. The average molecular weight is 432 g/mol. The molecule has 0 radical (unpaired) electrons. The van der Waals surface area contributed by atoms with Crippen molar-refractivity contribution in [2.24, 2.45) is 0 Å². The summed E-state index contributed by atoms with van der Waals surface area (Å²) in [5.74, 6) is 0.488. The molecule has 0 aromatic heterocycles. The van der Waals surface area contributed by atoms with Crippen molar-refractivity contribution in [3.8, 4) is 17.2 Å². The lowest BCUT2D eigenvalue weighted by Gasteiger charge is -2.14. The van der Waals surface area contributed by atoms with E-state index in [0.29, 0.717) is 35.0 Å². The monoisotopic (exact) mass is 431 g/mol. The molecule has 0 fully saturated rings. The van der Waals surface area contributed by atoms with E-state index in [0.717, 1.165) is 12.8 Å². The van der Waals surface area contributed by atoms with Gasteiger partial charge in [0.15, 0.2) is 16.6 Å². The number of amides is 2. The van der Waals surface area contributed by atoms with Gasteiger partial charge in [0.1, 0.15) is 5.75 Å². The molecule has 30 heavy (non-hydrogen) atoms. The zero-order valence-electron chi connectivity index (χ0n) is 17.1. The fourth-order valence-electron chi connectivity index (χ4n) is 2.47. The molecular formula is C21H25N3O5S. The normalized spacial score (nSPS) is 9.97. The summed E-state index contributed by atoms with van der Waals surface area (Å²) >= 11 is 5.09. The van der Waals surface area contributed by atoms with Gasteiger partial charge in [-0.1, -0.05) is 25.5 Å². The summed E-state index contributed by atoms with van der Waals surface area (Å²) in [6.07, 6.45) is 1.88. The number of methoxy groups -OCH3 is 2. The first kappa shape index (κ1) is 23.0. The molecule has 0 atom stereocenters. The lowest BCUT2D eigenvalue weighted by Crippen LogP contribution is -2.48. The van der Waals surface area contributed by atoms with Gasteiger partial charge in [0.05, 0.1) is 26.4 Å². The first-order valence-electron chi connectivity index (χ1n) is 9.35. The standard InChI is InChI=1S/C21H25N3O5S/c1-4-5-12-29-16-9-7-6-8-15(16)20(26)22-21(30)24-23-19(25)14-10-11-17(27-2)18(13-14)28-3/h6-11,13H,4-5,12H2,1-3H3,(H,23,25)(H2,22,24,26,30). The van der Waals surface area contributed by atoms with Gasteiger partial charge < -0.3 is 14.2 Å². The van der Waals surface area contributed by atoms with Crippen molar-refractivity contribution in [3.63, 3.8) is 0 Å². The number of nitrogens with one attached hydrogen (secondary N) is 3. The number of thiocarbonyl (C=S) groups is 1. The number of unbranched alkanes of at least 4 members (excludes halogenated alkanes) is 1. The van der Waals surface area contributed by atoms with Crippen LogP contribution in [0.3, 0.4) is 0 Å². The molecule has 0 aliphatic carbocycles. The molecule has 2 amide bonds. The molecule has 0 aliphatic rings. The van der Waals surface area contributed by atoms with Gasteiger partial charge in [-0.2, -0.15) is 0 Å². The van der Waals surface area contributed by atoms with Crippen molar-refractivity contribution in [2.45, 2.75) is 19.8 Å². The van der Waals surface area contributed by atoms with Gasteiger partial charge in [0.2, 0.25) is 0 Å². The third-order valence-corrected chi connectivity index (χ3v) is 4.25. The second-order valence-corrected chi connectivity index (χ2v) is 6.54. The van der Waals surface area contributed by atoms with Gasteiger partial charge in [0, 0.05) is 5.56 Å². The summed E-state index contributed by atoms with van der Waals surface area (Å²) in [4.78, 5) is 24.8. The van der Waals surface area contributed by atoms with E-state index in [1.165, 1.54) is 20.3 Å². The molecule has 8 nitrogen and oxygen atoms in total. The van der Waals surface area contributed by atoms with E-state index >= 15 is 0 Å². The van der Waals surface area contributed by atoms with Gasteiger partial charge in [-0.25, -0.2) is 0 Å². The maximum absolute atomic E-state index is 12.5. The van der Waals surface area contributed by atoms with Gasteiger partial charge in [0.25, 0.3) is 11.8 Å². The Morgan fingerprint density at radius 1 is 0.933 bits per heavy atom. The van der Waals surface area contributed by atoms with Crippen LogP contribution in [0, 0.1) is 0 Å². The van der Waals surface area contributed by atoms with Crippen LogP contribution in [-0.4, -0.2) is 37.8 Å². The van der Waals surface area contributed by atoms with E-state index in [-0.39, 0.29) is 5.11 Å². The van der Waals surface area contributed by atoms with Crippen LogP contribution in [-0.2, 0) is 0 Å². The molecule has 2 aromatic rings. The molecule has 2 aromatic carbocycles. The van der Waals surface area contributed by atoms with Crippen molar-refractivity contribution < 1.29 is 23.8 Å². The van der Waals surface area contributed by atoms with Crippen molar-refractivity contribution in [2.75, 3.05) is 20.8 Å². The van der Waals surface area contributed by atoms with E-state index in [1.54, 1.807) is 36.4 Å². The Bertz CT molecular complexity index is 904. The van der Waals surface area contributed by atoms with Crippen LogP contribution in [0.5, 0.6) is 17.2 Å². The lowest BCUT2D eigenvalue weighted by molar-refractivity contribution is 0.0933. The zero-order chi connectivity index (χ0) is 21.9. The highest BCUT2D eigenvalue weighted by Gasteiger charge is 2.15. The Kier molecular flexibility index (Phi) is 8.89. The topological polar surface area (TPSA) is 97.9 Å². The Morgan fingerprint density at radius 2 is 1.67 bits per heavy atom. The lowest BCUT2D eigenvalue weighted by atomic mass is 10.2. The fraction of sp³-hybridized carbons (Fsp3) is 0.286. The first-order chi connectivity index (χ1) is 14.5. The third-order valence-electron chi connectivity index (χ3n) is 4.05. The van der Waals surface area contributed by atoms with Crippen LogP contribution in [0.25, 0.3) is 0 Å². The maximum Gasteiger partial charge on any atom is 0.269 e. The average Bonchev–Trinajstić information content (AvgIpc) is 2.77. The minimum atomic E-state index is -0.462. The van der Waals surface area contributed by atoms with E-state index in [2.05, 4.69) is 23.1 Å². The maximum atomic E-state index is 12.5. The Hall–Kier alpha value is -3.33. The third kappa shape index (κ3) is 6.35. The van der Waals surface area contributed by atoms with Crippen LogP contribution in [0.2, 0.25) is 0 Å². The summed E-state index contributed by atoms with van der Waals surface area (Å²) < 4.78 is 16.0. The van der Waals surface area contributed by atoms with Crippen molar-refractivity contribution in [1.82, 2.24) is 16.2 Å². The molecule has 0 saturated heterocycles. The number of ether oxygens (including phenoxy) is 3. The van der Waals surface area contributed by atoms with Gasteiger partial charge in [-0.3, -0.25) is 25.8 Å². The highest BCUT2D eigenvalue weighted by Crippen LogP contribution is 2.27. The van der Waals surface area contributed by atoms with Crippen LogP contribution in [0.4, 0.5) is 0 Å². The molecule has 0 aliphatic heterocycles. The molecule has 160 valence electrons. The minimum Gasteiger partial charge on any atom is -0.493 e. The molecule has 0 bridgehead atoms. The Morgan fingerprint density at radius 3 is 2.37 bits per heavy atom. The Balaban J connectivity index is 1.93. The zero-order valence-corrected chi connectivity index (χ0v) is 17.9. The van der Waals surface area contributed by atoms with Crippen LogP contribution in [0.1, 0.15) is 40.5 Å².